The maximum atomic E-state index is 12.1. The molecule has 1 atom stereocenters. The number of methoxy groups -OCH3 is 1. The molecule has 2 aromatic rings. The van der Waals surface area contributed by atoms with Crippen molar-refractivity contribution in [2.24, 2.45) is 0 Å². The summed E-state index contributed by atoms with van der Waals surface area (Å²) in [7, 11) is 1.33. The fourth-order valence-corrected chi connectivity index (χ4v) is 2.29. The zero-order valence-corrected chi connectivity index (χ0v) is 13.0. The molecule has 1 unspecified atom stereocenters. The number of aryl methyl sites for hydroxylation is 1. The van der Waals surface area contributed by atoms with E-state index >= 15 is 0 Å². The van der Waals surface area contributed by atoms with E-state index in [1.165, 1.54) is 7.11 Å². The Bertz CT molecular complexity index is 724. The molecule has 2 rings (SSSR count). The van der Waals surface area contributed by atoms with Gasteiger partial charge < -0.3 is 14.5 Å². The third-order valence-corrected chi connectivity index (χ3v) is 3.50. The number of rotatable bonds is 6. The topological polar surface area (TPSA) is 81.4 Å². The van der Waals surface area contributed by atoms with E-state index in [9.17, 15) is 9.59 Å². The van der Waals surface area contributed by atoms with E-state index in [0.29, 0.717) is 17.3 Å². The summed E-state index contributed by atoms with van der Waals surface area (Å²) < 4.78 is 9.96. The van der Waals surface area contributed by atoms with Gasteiger partial charge in [-0.15, -0.1) is 0 Å². The summed E-state index contributed by atoms with van der Waals surface area (Å²) >= 11 is 0. The summed E-state index contributed by atoms with van der Waals surface area (Å²) in [6, 6.07) is 4.84. The van der Waals surface area contributed by atoms with Crippen LogP contribution >= 0.6 is 0 Å². The zero-order valence-electron chi connectivity index (χ0n) is 13.0. The second kappa shape index (κ2) is 7.06. The molecule has 0 saturated carbocycles. The molecule has 0 radical (unpaired) electrons. The van der Waals surface area contributed by atoms with Crippen LogP contribution in [0.5, 0.6) is 0 Å². The van der Waals surface area contributed by atoms with E-state index in [-0.39, 0.29) is 6.01 Å². The number of nitrogens with zero attached hydrogens (tertiary/aromatic N) is 1. The lowest BCUT2D eigenvalue weighted by Gasteiger charge is -2.15. The number of benzene rings is 1. The number of unbranched alkanes of at least 4 members (excludes halogenated alkanes) is 1. The predicted octanol–water partition coefficient (Wildman–Crippen LogP) is 2.64. The van der Waals surface area contributed by atoms with Crippen molar-refractivity contribution in [2.75, 3.05) is 12.4 Å². The van der Waals surface area contributed by atoms with Gasteiger partial charge in [0.1, 0.15) is 6.04 Å². The number of aromatic nitrogens is 1. The van der Waals surface area contributed by atoms with Crippen LogP contribution in [-0.4, -0.2) is 24.1 Å². The van der Waals surface area contributed by atoms with E-state index in [1.807, 2.05) is 26.0 Å². The highest BCUT2D eigenvalue weighted by atomic mass is 16.5. The molecule has 0 aliphatic carbocycles. The average molecular weight is 304 g/mol. The van der Waals surface area contributed by atoms with E-state index in [0.717, 1.165) is 18.4 Å². The highest BCUT2D eigenvalue weighted by Gasteiger charge is 2.20. The van der Waals surface area contributed by atoms with Gasteiger partial charge in [-0.3, -0.25) is 0 Å². The molecule has 0 saturated heterocycles. The van der Waals surface area contributed by atoms with E-state index in [1.54, 1.807) is 6.07 Å². The van der Waals surface area contributed by atoms with Crippen LogP contribution in [0.3, 0.4) is 0 Å². The van der Waals surface area contributed by atoms with Crippen molar-refractivity contribution in [2.45, 2.75) is 39.2 Å². The van der Waals surface area contributed by atoms with Crippen LogP contribution in [0.15, 0.2) is 27.4 Å². The van der Waals surface area contributed by atoms with Crippen molar-refractivity contribution >= 4 is 22.9 Å². The third kappa shape index (κ3) is 3.44. The Labute approximate surface area is 128 Å². The van der Waals surface area contributed by atoms with Crippen molar-refractivity contribution < 1.29 is 13.9 Å². The number of esters is 1. The first kappa shape index (κ1) is 16.0. The molecule has 118 valence electrons. The Balaban J connectivity index is 2.33. The van der Waals surface area contributed by atoms with Crippen molar-refractivity contribution in [3.63, 3.8) is 0 Å². The second-order valence-corrected chi connectivity index (χ2v) is 5.14. The maximum Gasteiger partial charge on any atom is 0.348 e. The lowest BCUT2D eigenvalue weighted by molar-refractivity contribution is -0.141. The highest BCUT2D eigenvalue weighted by Crippen LogP contribution is 2.16. The van der Waals surface area contributed by atoms with Crippen LogP contribution in [0, 0.1) is 6.92 Å². The molecule has 6 heteroatoms. The minimum atomic E-state index is -0.581. The third-order valence-electron chi connectivity index (χ3n) is 3.50. The molecule has 0 aliphatic rings. The molecule has 0 fully saturated rings. The Morgan fingerprint density at radius 2 is 2.23 bits per heavy atom. The molecule has 0 bridgehead atoms. The lowest BCUT2D eigenvalue weighted by Crippen LogP contribution is -2.31. The molecule has 1 aromatic heterocycles. The largest absolute Gasteiger partial charge is 0.467 e. The standard InChI is InChI=1S/C16H20N2O4/c1-4-5-8-12(14(19)21-3)18-16-17-11-9-6-7-10(2)13(11)15(20)22-16/h6-7,9,12H,4-5,8H2,1-3H3,(H,17,18). The van der Waals surface area contributed by atoms with Gasteiger partial charge in [0.25, 0.3) is 6.01 Å². The van der Waals surface area contributed by atoms with E-state index < -0.39 is 17.6 Å². The Hall–Kier alpha value is -2.37. The lowest BCUT2D eigenvalue weighted by atomic mass is 10.1. The number of nitrogens with one attached hydrogen (secondary N) is 1. The van der Waals surface area contributed by atoms with E-state index in [4.69, 9.17) is 9.15 Å². The Kier molecular flexibility index (Phi) is 5.14. The van der Waals surface area contributed by atoms with Crippen molar-refractivity contribution in [1.29, 1.82) is 0 Å². The molecule has 1 heterocycles. The molecule has 22 heavy (non-hydrogen) atoms. The van der Waals surface area contributed by atoms with Gasteiger partial charge >= 0.3 is 11.6 Å². The fraction of sp³-hybridized carbons (Fsp3) is 0.438. The summed E-state index contributed by atoms with van der Waals surface area (Å²) in [6.07, 6.45) is 2.38. The van der Waals surface area contributed by atoms with Gasteiger partial charge in [-0.1, -0.05) is 31.9 Å². The van der Waals surface area contributed by atoms with Gasteiger partial charge in [0.2, 0.25) is 0 Å². The second-order valence-electron chi connectivity index (χ2n) is 5.14. The first-order chi connectivity index (χ1) is 10.6. The molecular weight excluding hydrogens is 284 g/mol. The first-order valence-corrected chi connectivity index (χ1v) is 7.31. The fourth-order valence-electron chi connectivity index (χ4n) is 2.29. The van der Waals surface area contributed by atoms with Gasteiger partial charge in [-0.2, -0.15) is 4.98 Å². The van der Waals surface area contributed by atoms with Gasteiger partial charge in [0.15, 0.2) is 0 Å². The quantitative estimate of drug-likeness (QED) is 0.826. The number of carbonyl (C=O) groups excluding carboxylic acids is 1. The summed E-state index contributed by atoms with van der Waals surface area (Å²) in [5.74, 6) is -0.401. The summed E-state index contributed by atoms with van der Waals surface area (Å²) in [5, 5.41) is 3.32. The molecule has 0 amide bonds. The molecule has 1 N–H and O–H groups in total. The molecule has 1 aromatic carbocycles. The van der Waals surface area contributed by atoms with Gasteiger partial charge in [-0.25, -0.2) is 9.59 Å². The zero-order chi connectivity index (χ0) is 16.1. The van der Waals surface area contributed by atoms with Crippen LogP contribution in [0.25, 0.3) is 10.9 Å². The number of ether oxygens (including phenoxy) is 1. The minimum Gasteiger partial charge on any atom is -0.467 e. The normalized spacial score (nSPS) is 12.1. The number of anilines is 1. The minimum absolute atomic E-state index is 0.0367. The van der Waals surface area contributed by atoms with Gasteiger partial charge in [0, 0.05) is 0 Å². The number of fused-ring (bicyclic) bond motifs is 1. The smallest absolute Gasteiger partial charge is 0.348 e. The molecular formula is C16H20N2O4. The number of hydrogen-bond donors (Lipinski definition) is 1. The average Bonchev–Trinajstić information content (AvgIpc) is 2.50. The Morgan fingerprint density at radius 3 is 2.91 bits per heavy atom. The van der Waals surface area contributed by atoms with Gasteiger partial charge in [-0.05, 0) is 25.0 Å². The van der Waals surface area contributed by atoms with E-state index in [2.05, 4.69) is 10.3 Å². The molecule has 6 nitrogen and oxygen atoms in total. The van der Waals surface area contributed by atoms with Gasteiger partial charge in [0.05, 0.1) is 18.0 Å². The molecule has 0 spiro atoms. The highest BCUT2D eigenvalue weighted by molar-refractivity contribution is 5.82. The first-order valence-electron chi connectivity index (χ1n) is 7.31. The van der Waals surface area contributed by atoms with Crippen molar-refractivity contribution in [3.8, 4) is 0 Å². The van der Waals surface area contributed by atoms with Crippen LogP contribution < -0.4 is 10.9 Å². The Morgan fingerprint density at radius 1 is 1.45 bits per heavy atom. The molecule has 0 aliphatic heterocycles. The van der Waals surface area contributed by atoms with Crippen LogP contribution in [-0.2, 0) is 9.53 Å². The summed E-state index contributed by atoms with van der Waals surface area (Å²) in [6.45, 7) is 3.86. The summed E-state index contributed by atoms with van der Waals surface area (Å²) in [5.41, 5.74) is 0.878. The monoisotopic (exact) mass is 304 g/mol. The SMILES string of the molecule is CCCCC(Nc1nc2cccc(C)c2c(=O)o1)C(=O)OC. The van der Waals surface area contributed by atoms with Crippen LogP contribution in [0.4, 0.5) is 6.01 Å². The van der Waals surface area contributed by atoms with Crippen LogP contribution in [0.1, 0.15) is 31.7 Å². The van der Waals surface area contributed by atoms with Crippen molar-refractivity contribution in [3.05, 3.63) is 34.2 Å². The van der Waals surface area contributed by atoms with Crippen molar-refractivity contribution in [1.82, 2.24) is 4.98 Å². The van der Waals surface area contributed by atoms with Crippen LogP contribution in [0.2, 0.25) is 0 Å². The number of hydrogen-bond acceptors (Lipinski definition) is 6. The number of carbonyl (C=O) groups is 1. The predicted molar refractivity (Wildman–Crippen MR) is 84.0 cm³/mol. The maximum absolute atomic E-state index is 12.1. The summed E-state index contributed by atoms with van der Waals surface area (Å²) in [4.78, 5) is 28.2.